The van der Waals surface area contributed by atoms with Gasteiger partial charge in [0, 0.05) is 22.3 Å². The van der Waals surface area contributed by atoms with E-state index < -0.39 is 144 Å². The van der Waals surface area contributed by atoms with Crippen LogP contribution in [-0.4, -0.2) is 10.9 Å². The van der Waals surface area contributed by atoms with E-state index >= 15 is 35.1 Å². The van der Waals surface area contributed by atoms with Crippen LogP contribution in [0.1, 0.15) is 49.9 Å². The monoisotopic (exact) mass is 962 g/mol. The van der Waals surface area contributed by atoms with Crippen molar-refractivity contribution in [1.29, 1.82) is 0 Å². The zero-order chi connectivity index (χ0) is 49.6. The first-order valence-electron chi connectivity index (χ1n) is 19.1. The molecule has 0 amide bonds. The number of aryl methyl sites for hydroxylation is 4. The van der Waals surface area contributed by atoms with Crippen LogP contribution in [0.3, 0.4) is 0 Å². The fourth-order valence-corrected chi connectivity index (χ4v) is 7.70. The Labute approximate surface area is 360 Å². The first-order chi connectivity index (χ1) is 30.9. The lowest BCUT2D eigenvalue weighted by atomic mass is 9.12. The Morgan fingerprint density at radius 2 is 0.424 bits per heavy atom. The highest BCUT2D eigenvalue weighted by Gasteiger charge is 2.52. The number of aromatic hydroxyl groups is 2. The Morgan fingerprint density at radius 3 is 0.576 bits per heavy atom. The lowest BCUT2D eigenvalue weighted by Gasteiger charge is -2.44. The molecule has 0 bridgehead atoms. The van der Waals surface area contributed by atoms with Gasteiger partial charge in [-0.05, 0) is 49.9 Å². The SMILES string of the molecule is CCc1cccc(CC)c1[OH+]c1c(CC)cccc1CC.Fc1c(F)c(F)c([B-](c2c(F)c(F)c(F)c(F)c2F)(c2c(F)c(F)c(F)c(F)c2F)c2c(F)c(F)c(F)c(F)c2F)c(F)c1F. The summed E-state index contributed by atoms with van der Waals surface area (Å²) in [4.78, 5) is 0. The second kappa shape index (κ2) is 19.3. The molecule has 0 aromatic heterocycles. The Bertz CT molecular complexity index is 2420. The third-order valence-electron chi connectivity index (χ3n) is 10.9. The molecule has 66 heavy (non-hydrogen) atoms. The highest BCUT2D eigenvalue weighted by atomic mass is 19.2. The molecule has 1 nitrogen and oxygen atoms in total. The minimum Gasteiger partial charge on any atom is -0.545 e. The summed E-state index contributed by atoms with van der Waals surface area (Å²) in [7, 11) is 0. The van der Waals surface area contributed by atoms with E-state index in [4.69, 9.17) is 4.74 Å². The van der Waals surface area contributed by atoms with E-state index in [1.807, 2.05) is 0 Å². The third kappa shape index (κ3) is 7.88. The van der Waals surface area contributed by atoms with E-state index in [1.165, 1.54) is 33.8 Å². The molecule has 0 unspecified atom stereocenters. The average Bonchev–Trinajstić information content (AvgIpc) is 3.31. The molecule has 352 valence electrons. The van der Waals surface area contributed by atoms with Gasteiger partial charge >= 0.3 is 0 Å². The van der Waals surface area contributed by atoms with E-state index in [0.29, 0.717) is 0 Å². The number of para-hydroxylation sites is 2. The largest absolute Gasteiger partial charge is 0.545 e. The first kappa shape index (κ1) is 50.8. The molecule has 0 spiro atoms. The fraction of sp³-hybridized carbons (Fsp3) is 0.182. The van der Waals surface area contributed by atoms with Crippen LogP contribution >= 0.6 is 0 Å². The normalized spacial score (nSPS) is 11.6. The van der Waals surface area contributed by atoms with E-state index in [1.54, 1.807) is 0 Å². The molecule has 0 heterocycles. The Balaban J connectivity index is 0.000000324. The number of rotatable bonds is 10. The number of halogens is 20. The zero-order valence-corrected chi connectivity index (χ0v) is 33.9. The minimum atomic E-state index is -7.22. The highest BCUT2D eigenvalue weighted by Crippen LogP contribution is 2.37. The number of hydrogen-bond donors (Lipinski definition) is 0. The summed E-state index contributed by atoms with van der Waals surface area (Å²) in [5, 5.41) is 0. The van der Waals surface area contributed by atoms with Crippen molar-refractivity contribution < 1.29 is 92.5 Å². The standard InChI is InChI=1S/C24BF20.C20H26O/c26-5-1(6(27)14(35)21(42)13(5)34)25(2-7(28)15(36)22(43)16(37)8(2)29,3-9(30)17(38)23(44)18(39)10(3)31)4-11(32)19(40)24(45)20(41)12(4)33;1-5-15-11-9-12-16(6-2)19(15)21-20-17(7-3)13-10-14-18(20)8-4/h;9-14H,5-8H2,1-4H3/q-1;/p+1. The molecule has 0 saturated carbocycles. The van der Waals surface area contributed by atoms with Gasteiger partial charge in [-0.25, -0.2) is 87.8 Å². The molecule has 6 rings (SSSR count). The van der Waals surface area contributed by atoms with E-state index in [2.05, 4.69) is 64.1 Å². The maximum absolute atomic E-state index is 15.4. The maximum Gasteiger partial charge on any atom is 0.267 e. The van der Waals surface area contributed by atoms with Gasteiger partial charge in [-0.1, -0.05) is 39.8 Å². The van der Waals surface area contributed by atoms with Crippen molar-refractivity contribution in [3.63, 3.8) is 0 Å². The first-order valence-corrected chi connectivity index (χ1v) is 19.1. The quantitative estimate of drug-likeness (QED) is 0.0427. The van der Waals surface area contributed by atoms with Gasteiger partial charge in [-0.2, -0.15) is 0 Å². The molecule has 0 saturated heterocycles. The predicted molar refractivity (Wildman–Crippen MR) is 201 cm³/mol. The topological polar surface area (TPSA) is 12.8 Å². The third-order valence-corrected chi connectivity index (χ3v) is 10.9. The molecule has 0 fully saturated rings. The van der Waals surface area contributed by atoms with Crippen LogP contribution < -0.4 is 21.9 Å². The van der Waals surface area contributed by atoms with Gasteiger partial charge < -0.3 is 4.74 Å². The van der Waals surface area contributed by atoms with Crippen LogP contribution in [0.25, 0.3) is 0 Å². The Morgan fingerprint density at radius 1 is 0.273 bits per heavy atom. The van der Waals surface area contributed by atoms with Crippen LogP contribution in [0, 0.1) is 116 Å². The average molecular weight is 962 g/mol. The van der Waals surface area contributed by atoms with Crippen molar-refractivity contribution in [1.82, 2.24) is 0 Å². The van der Waals surface area contributed by atoms with Gasteiger partial charge in [-0.15, -0.1) is 21.9 Å². The Kier molecular flexibility index (Phi) is 14.9. The van der Waals surface area contributed by atoms with E-state index in [9.17, 15) is 52.7 Å². The second-order valence-corrected chi connectivity index (χ2v) is 14.2. The van der Waals surface area contributed by atoms with E-state index in [0.717, 1.165) is 25.7 Å². The molecule has 0 radical (unpaired) electrons. The Hall–Kier alpha value is -6.22. The van der Waals surface area contributed by atoms with Crippen molar-refractivity contribution >= 4 is 28.0 Å². The van der Waals surface area contributed by atoms with Crippen LogP contribution in [0.2, 0.25) is 0 Å². The summed E-state index contributed by atoms with van der Waals surface area (Å²) in [5.41, 5.74) is -8.93. The number of benzene rings is 6. The van der Waals surface area contributed by atoms with Crippen LogP contribution in [0.15, 0.2) is 36.4 Å². The molecule has 0 aliphatic heterocycles. The van der Waals surface area contributed by atoms with Crippen molar-refractivity contribution in [2.45, 2.75) is 53.4 Å². The van der Waals surface area contributed by atoms with Crippen molar-refractivity contribution in [2.24, 2.45) is 0 Å². The molecule has 22 heteroatoms. The van der Waals surface area contributed by atoms with Gasteiger partial charge in [0.2, 0.25) is 0 Å². The predicted octanol–water partition coefficient (Wildman–Crippen LogP) is 11.4. The molecule has 6 aromatic rings. The molecular formula is C44H27BF20O. The summed E-state index contributed by atoms with van der Waals surface area (Å²) in [6.45, 7) is 8.83. The van der Waals surface area contributed by atoms with Crippen molar-refractivity contribution in [2.75, 3.05) is 0 Å². The minimum absolute atomic E-state index is 1.03. The lowest BCUT2D eigenvalue weighted by molar-refractivity contribution is 0.188. The van der Waals surface area contributed by atoms with Crippen molar-refractivity contribution in [3.8, 4) is 11.5 Å². The summed E-state index contributed by atoms with van der Waals surface area (Å²) in [6.07, 6.45) is -3.10. The lowest BCUT2D eigenvalue weighted by Crippen LogP contribution is -2.81. The molecule has 6 aromatic carbocycles. The second-order valence-electron chi connectivity index (χ2n) is 14.2. The molecule has 0 aliphatic rings. The molecular weight excluding hydrogens is 935 g/mol. The molecule has 0 aliphatic carbocycles. The van der Waals surface area contributed by atoms with E-state index in [-0.39, 0.29) is 0 Å². The summed E-state index contributed by atoms with van der Waals surface area (Å²) in [6, 6.07) is 13.1. The molecule has 1 N–H and O–H groups in total. The fourth-order valence-electron chi connectivity index (χ4n) is 7.70. The summed E-state index contributed by atoms with van der Waals surface area (Å²) >= 11 is 0. The summed E-state index contributed by atoms with van der Waals surface area (Å²) < 4.78 is 299. The maximum atomic E-state index is 15.4. The van der Waals surface area contributed by atoms with Gasteiger partial charge in [0.25, 0.3) is 11.5 Å². The highest BCUT2D eigenvalue weighted by molar-refractivity contribution is 7.20. The summed E-state index contributed by atoms with van der Waals surface area (Å²) in [5.74, 6) is -69.0. The molecule has 0 atom stereocenters. The van der Waals surface area contributed by atoms with Gasteiger partial charge in [0.15, 0.2) is 69.8 Å². The van der Waals surface area contributed by atoms with Gasteiger partial charge in [-0.3, -0.25) is 0 Å². The number of hydrogen-bond acceptors (Lipinski definition) is 0. The number of ether oxygens (including phenoxy) is 1. The van der Waals surface area contributed by atoms with Crippen LogP contribution in [0.4, 0.5) is 87.8 Å². The van der Waals surface area contributed by atoms with Gasteiger partial charge in [0.1, 0.15) is 52.7 Å². The van der Waals surface area contributed by atoms with Gasteiger partial charge in [0.05, 0.1) is 0 Å². The van der Waals surface area contributed by atoms with Crippen LogP contribution in [0.5, 0.6) is 11.5 Å². The smallest absolute Gasteiger partial charge is 0.267 e. The van der Waals surface area contributed by atoms with Crippen molar-refractivity contribution in [3.05, 3.63) is 175 Å². The zero-order valence-electron chi connectivity index (χ0n) is 33.9. The van der Waals surface area contributed by atoms with Crippen LogP contribution in [-0.2, 0) is 25.7 Å².